The molecule has 3 N–H and O–H groups in total. The molecule has 0 heterocycles. The molecule has 0 aromatic rings. The standard InChI is InChI=1S/C65H103N3O9/c1-12-38-73-42-45-76-41-32-61(70)66-36-19-39-74-43-46-77-47-44-75-40-20-37-68-63(72)57(50-58(69)48-53(4)23-15-21-51(2)28-30-59-55(6)25-17-33-64(59,8)9)27-13-14-35-67-62(71)49-54(5)24-16-22-52(3)29-31-60-56(7)26-18-34-65(60,10)11/h15-16,21-24,28-31,48-49,57H,12-14,17-20,25-27,32-47,50H2,1-11H3,(H,66,70)(H,67,71)(H,68,72)/b23-15+,24-16+,30-28+,31-29+,51-21+,52-22+,53-48+,54-49+/t57-/m0/s1. The Morgan fingerprint density at radius 3 is 1.53 bits per heavy atom. The second-order valence-corrected chi connectivity index (χ2v) is 22.2. The second kappa shape index (κ2) is 40.5. The SMILES string of the molecule is CCCOCCOCCC(=O)NCCCOCCOCCOCCCNC(=O)[C@@H](CCCCNC(=O)/C=C(C)/C=C/C=C(C)/C=C/C1=C(C)CCCC1(C)C)CC(=O)/C=C(C)/C=C/C=C(C)/C=C/C1=C(C)CCCC1(C)C. The zero-order valence-electron chi connectivity index (χ0n) is 49.8. The molecule has 3 amide bonds. The number of carbonyl (C=O) groups excluding carboxylic acids is 4. The summed E-state index contributed by atoms with van der Waals surface area (Å²) in [5.41, 5.74) is 10.1. The number of allylic oxidation sites excluding steroid dienone is 19. The van der Waals surface area contributed by atoms with E-state index in [0.29, 0.717) is 118 Å². The molecule has 0 bridgehead atoms. The number of hydrogen-bond donors (Lipinski definition) is 3. The maximum Gasteiger partial charge on any atom is 0.244 e. The predicted molar refractivity (Wildman–Crippen MR) is 316 cm³/mol. The smallest absolute Gasteiger partial charge is 0.244 e. The van der Waals surface area contributed by atoms with E-state index in [9.17, 15) is 19.2 Å². The Bertz CT molecular complexity index is 2110. The zero-order chi connectivity index (χ0) is 56.7. The highest BCUT2D eigenvalue weighted by Crippen LogP contribution is 2.42. The molecule has 12 heteroatoms. The summed E-state index contributed by atoms with van der Waals surface area (Å²) < 4.78 is 27.7. The summed E-state index contributed by atoms with van der Waals surface area (Å²) in [6, 6.07) is 0. The molecule has 0 radical (unpaired) electrons. The van der Waals surface area contributed by atoms with Gasteiger partial charge in [0.15, 0.2) is 5.78 Å². The van der Waals surface area contributed by atoms with Crippen molar-refractivity contribution in [3.63, 3.8) is 0 Å². The van der Waals surface area contributed by atoms with Crippen LogP contribution in [0.4, 0.5) is 0 Å². The van der Waals surface area contributed by atoms with Crippen LogP contribution in [0, 0.1) is 16.7 Å². The molecule has 12 nitrogen and oxygen atoms in total. The largest absolute Gasteiger partial charge is 0.379 e. The van der Waals surface area contributed by atoms with Gasteiger partial charge in [0, 0.05) is 64.3 Å². The van der Waals surface area contributed by atoms with Crippen LogP contribution >= 0.6 is 0 Å². The highest BCUT2D eigenvalue weighted by atomic mass is 16.5. The van der Waals surface area contributed by atoms with Crippen molar-refractivity contribution in [2.75, 3.05) is 85.7 Å². The first-order valence-electron chi connectivity index (χ1n) is 28.9. The van der Waals surface area contributed by atoms with E-state index in [-0.39, 0.29) is 40.8 Å². The monoisotopic (exact) mass is 1070 g/mol. The van der Waals surface area contributed by atoms with Crippen molar-refractivity contribution in [1.29, 1.82) is 0 Å². The Labute approximate surface area is 466 Å². The fourth-order valence-corrected chi connectivity index (χ4v) is 9.42. The van der Waals surface area contributed by atoms with Gasteiger partial charge in [-0.25, -0.2) is 0 Å². The van der Waals surface area contributed by atoms with Gasteiger partial charge >= 0.3 is 0 Å². The molecular weight excluding hydrogens is 967 g/mol. The topological polar surface area (TPSA) is 151 Å². The Hall–Kier alpha value is -4.72. The van der Waals surface area contributed by atoms with Gasteiger partial charge in [-0.3, -0.25) is 19.2 Å². The Kier molecular flexibility index (Phi) is 35.9. The van der Waals surface area contributed by atoms with Crippen molar-refractivity contribution in [1.82, 2.24) is 16.0 Å². The molecule has 0 saturated carbocycles. The Balaban J connectivity index is 1.81. The third-order valence-electron chi connectivity index (χ3n) is 13.9. The Morgan fingerprint density at radius 1 is 0.545 bits per heavy atom. The molecule has 1 atom stereocenters. The molecule has 77 heavy (non-hydrogen) atoms. The van der Waals surface area contributed by atoms with Crippen LogP contribution in [0.1, 0.15) is 166 Å². The van der Waals surface area contributed by atoms with Crippen LogP contribution in [0.25, 0.3) is 0 Å². The van der Waals surface area contributed by atoms with Crippen molar-refractivity contribution >= 4 is 23.5 Å². The first-order valence-corrected chi connectivity index (χ1v) is 28.9. The molecule has 2 aliphatic rings. The highest BCUT2D eigenvalue weighted by molar-refractivity contribution is 5.94. The molecule has 0 fully saturated rings. The molecule has 0 saturated heterocycles. The Morgan fingerprint density at radius 2 is 1.01 bits per heavy atom. The minimum Gasteiger partial charge on any atom is -0.379 e. The van der Waals surface area contributed by atoms with Gasteiger partial charge in [0.2, 0.25) is 17.7 Å². The van der Waals surface area contributed by atoms with Crippen molar-refractivity contribution in [2.45, 2.75) is 166 Å². The van der Waals surface area contributed by atoms with Crippen molar-refractivity contribution in [3.8, 4) is 0 Å². The molecule has 2 rings (SSSR count). The van der Waals surface area contributed by atoms with Gasteiger partial charge in [-0.2, -0.15) is 0 Å². The van der Waals surface area contributed by atoms with Crippen LogP contribution in [0.3, 0.4) is 0 Å². The molecular formula is C65H103N3O9. The van der Waals surface area contributed by atoms with Crippen LogP contribution in [0.15, 0.2) is 117 Å². The third kappa shape index (κ3) is 32.7. The molecule has 0 aliphatic heterocycles. The van der Waals surface area contributed by atoms with Gasteiger partial charge in [-0.05, 0) is 151 Å². The molecule has 432 valence electrons. The summed E-state index contributed by atoms with van der Waals surface area (Å²) in [6.45, 7) is 30.1. The number of nitrogens with one attached hydrogen (secondary N) is 3. The first-order chi connectivity index (χ1) is 36.8. The van der Waals surface area contributed by atoms with Gasteiger partial charge in [-0.15, -0.1) is 0 Å². The lowest BCUT2D eigenvalue weighted by Gasteiger charge is -2.33. The van der Waals surface area contributed by atoms with Crippen LogP contribution in [-0.4, -0.2) is 109 Å². The van der Waals surface area contributed by atoms with Crippen molar-refractivity contribution < 1.29 is 42.9 Å². The number of hydrogen-bond acceptors (Lipinski definition) is 9. The van der Waals surface area contributed by atoms with E-state index < -0.39 is 5.92 Å². The lowest BCUT2D eigenvalue weighted by molar-refractivity contribution is -0.128. The summed E-state index contributed by atoms with van der Waals surface area (Å²) in [7, 11) is 0. The molecule has 0 unspecified atom stereocenters. The summed E-state index contributed by atoms with van der Waals surface area (Å²) in [6.07, 6.45) is 35.8. The summed E-state index contributed by atoms with van der Waals surface area (Å²) in [4.78, 5) is 51.6. The average molecular weight is 1070 g/mol. The second-order valence-electron chi connectivity index (χ2n) is 22.2. The molecule has 0 aromatic heterocycles. The zero-order valence-corrected chi connectivity index (χ0v) is 49.8. The number of rotatable bonds is 40. The van der Waals surface area contributed by atoms with Crippen LogP contribution < -0.4 is 16.0 Å². The van der Waals surface area contributed by atoms with E-state index in [2.05, 4.69) is 115 Å². The van der Waals surface area contributed by atoms with Crippen LogP contribution in [0.5, 0.6) is 0 Å². The van der Waals surface area contributed by atoms with Crippen molar-refractivity contribution in [2.24, 2.45) is 16.7 Å². The lowest BCUT2D eigenvalue weighted by Crippen LogP contribution is -2.33. The van der Waals surface area contributed by atoms with E-state index in [1.165, 1.54) is 54.4 Å². The number of amides is 3. The summed E-state index contributed by atoms with van der Waals surface area (Å²) in [5, 5.41) is 8.88. The van der Waals surface area contributed by atoms with Gasteiger partial charge in [0.25, 0.3) is 0 Å². The molecule has 0 spiro atoms. The maximum atomic E-state index is 13.5. The molecule has 2 aliphatic carbocycles. The minimum absolute atomic E-state index is 0.0400. The fourth-order valence-electron chi connectivity index (χ4n) is 9.42. The minimum atomic E-state index is -0.504. The van der Waals surface area contributed by atoms with Crippen LogP contribution in [-0.2, 0) is 42.9 Å². The van der Waals surface area contributed by atoms with Crippen LogP contribution in [0.2, 0.25) is 0 Å². The normalized spacial score (nSPS) is 17.1. The average Bonchev–Trinajstić information content (AvgIpc) is 3.35. The summed E-state index contributed by atoms with van der Waals surface area (Å²) in [5.74, 6) is -0.962. The first kappa shape index (κ1) is 68.4. The van der Waals surface area contributed by atoms with E-state index in [1.54, 1.807) is 12.2 Å². The van der Waals surface area contributed by atoms with E-state index in [4.69, 9.17) is 23.7 Å². The van der Waals surface area contributed by atoms with Gasteiger partial charge in [0.05, 0.1) is 46.2 Å². The van der Waals surface area contributed by atoms with Gasteiger partial charge in [-0.1, -0.05) is 124 Å². The van der Waals surface area contributed by atoms with E-state index in [0.717, 1.165) is 41.7 Å². The maximum absolute atomic E-state index is 13.5. The number of carbonyl (C=O) groups is 4. The third-order valence-corrected chi connectivity index (χ3v) is 13.9. The molecule has 0 aromatic carbocycles. The van der Waals surface area contributed by atoms with E-state index >= 15 is 0 Å². The predicted octanol–water partition coefficient (Wildman–Crippen LogP) is 12.8. The number of unbranched alkanes of at least 4 members (excludes halogenated alkanes) is 1. The quantitative estimate of drug-likeness (QED) is 0.0309. The van der Waals surface area contributed by atoms with Gasteiger partial charge in [0.1, 0.15) is 0 Å². The number of ketones is 1. The fraction of sp³-hybridized carbons (Fsp3) is 0.631. The lowest BCUT2D eigenvalue weighted by atomic mass is 9.72. The van der Waals surface area contributed by atoms with Gasteiger partial charge < -0.3 is 39.6 Å². The van der Waals surface area contributed by atoms with Crippen molar-refractivity contribution in [3.05, 3.63) is 117 Å². The summed E-state index contributed by atoms with van der Waals surface area (Å²) >= 11 is 0. The number of ether oxygens (including phenoxy) is 5. The van der Waals surface area contributed by atoms with E-state index in [1.807, 2.05) is 38.2 Å². The highest BCUT2D eigenvalue weighted by Gasteiger charge is 2.27.